The summed E-state index contributed by atoms with van der Waals surface area (Å²) < 4.78 is 5.77. The average Bonchev–Trinajstić information content (AvgIpc) is 2.13. The van der Waals surface area contributed by atoms with E-state index in [0.717, 1.165) is 0 Å². The van der Waals surface area contributed by atoms with E-state index < -0.39 is 5.54 Å². The second-order valence-corrected chi connectivity index (χ2v) is 5.64. The van der Waals surface area contributed by atoms with E-state index in [2.05, 4.69) is 0 Å². The van der Waals surface area contributed by atoms with Crippen LogP contribution in [0, 0.1) is 0 Å². The van der Waals surface area contributed by atoms with Gasteiger partial charge in [0.25, 0.3) is 0 Å². The fraction of sp³-hybridized carbons (Fsp3) is 0.917. The monoisotopic (exact) mass is 228 g/mol. The molecule has 0 aromatic carbocycles. The lowest BCUT2D eigenvalue weighted by molar-refractivity contribution is -0.162. The van der Waals surface area contributed by atoms with Crippen molar-refractivity contribution >= 4 is 5.91 Å². The third-order valence-corrected chi connectivity index (χ3v) is 3.08. The molecule has 1 saturated heterocycles. The molecule has 2 unspecified atom stereocenters. The van der Waals surface area contributed by atoms with Crippen molar-refractivity contribution in [1.29, 1.82) is 0 Å². The summed E-state index contributed by atoms with van der Waals surface area (Å²) in [6.07, 6.45) is 0.721. The molecular formula is C12H24N2O2. The highest BCUT2D eigenvalue weighted by molar-refractivity contribution is 5.85. The average molecular weight is 228 g/mol. The maximum absolute atomic E-state index is 12.2. The van der Waals surface area contributed by atoms with E-state index in [4.69, 9.17) is 10.5 Å². The minimum absolute atomic E-state index is 0.0261. The Hall–Kier alpha value is -0.610. The summed E-state index contributed by atoms with van der Waals surface area (Å²) in [7, 11) is 0. The fourth-order valence-electron chi connectivity index (χ4n) is 2.12. The minimum atomic E-state index is -0.757. The number of amides is 1. The Morgan fingerprint density at radius 3 is 2.62 bits per heavy atom. The van der Waals surface area contributed by atoms with Gasteiger partial charge in [0.1, 0.15) is 0 Å². The number of ether oxygens (including phenoxy) is 1. The van der Waals surface area contributed by atoms with Crippen molar-refractivity contribution in [3.63, 3.8) is 0 Å². The van der Waals surface area contributed by atoms with Crippen molar-refractivity contribution < 1.29 is 9.53 Å². The summed E-state index contributed by atoms with van der Waals surface area (Å²) in [4.78, 5) is 14.1. The summed E-state index contributed by atoms with van der Waals surface area (Å²) in [6, 6.07) is 0. The molecule has 0 aliphatic carbocycles. The van der Waals surface area contributed by atoms with Crippen LogP contribution in [-0.2, 0) is 9.53 Å². The lowest BCUT2D eigenvalue weighted by atomic mass is 9.96. The first-order chi connectivity index (χ1) is 7.18. The van der Waals surface area contributed by atoms with Crippen molar-refractivity contribution in [3.8, 4) is 0 Å². The molecule has 4 nitrogen and oxygen atoms in total. The number of hydrogen-bond acceptors (Lipinski definition) is 3. The Kier molecular flexibility index (Phi) is 3.65. The second kappa shape index (κ2) is 4.34. The molecule has 2 N–H and O–H groups in total. The third-order valence-electron chi connectivity index (χ3n) is 3.08. The Morgan fingerprint density at radius 1 is 1.62 bits per heavy atom. The molecule has 1 rings (SSSR count). The molecule has 0 spiro atoms. The van der Waals surface area contributed by atoms with Gasteiger partial charge in [0, 0.05) is 13.1 Å². The Balaban J connectivity index is 2.77. The standard InChI is InChI=1S/C12H24N2O2/c1-6-12(5,13)10(15)14-7-9(2)16-11(3,4)8-14/h9H,6-8,13H2,1-5H3. The number of nitrogens with two attached hydrogens (primary N) is 1. The smallest absolute Gasteiger partial charge is 0.242 e. The van der Waals surface area contributed by atoms with Crippen LogP contribution in [0.5, 0.6) is 0 Å². The molecule has 1 fully saturated rings. The zero-order valence-corrected chi connectivity index (χ0v) is 11.0. The molecule has 94 valence electrons. The molecule has 1 heterocycles. The fourth-order valence-corrected chi connectivity index (χ4v) is 2.12. The lowest BCUT2D eigenvalue weighted by Gasteiger charge is -2.44. The zero-order valence-electron chi connectivity index (χ0n) is 11.0. The molecule has 0 radical (unpaired) electrons. The molecule has 16 heavy (non-hydrogen) atoms. The van der Waals surface area contributed by atoms with Gasteiger partial charge >= 0.3 is 0 Å². The van der Waals surface area contributed by atoms with Crippen LogP contribution in [0.2, 0.25) is 0 Å². The highest BCUT2D eigenvalue weighted by Gasteiger charge is 2.38. The summed E-state index contributed by atoms with van der Waals surface area (Å²) in [6.45, 7) is 11.0. The molecule has 1 aliphatic rings. The maximum atomic E-state index is 12.2. The molecular weight excluding hydrogens is 204 g/mol. The second-order valence-electron chi connectivity index (χ2n) is 5.64. The van der Waals surface area contributed by atoms with E-state index in [1.165, 1.54) is 0 Å². The minimum Gasteiger partial charge on any atom is -0.369 e. The van der Waals surface area contributed by atoms with Crippen molar-refractivity contribution in [2.24, 2.45) is 5.73 Å². The first-order valence-electron chi connectivity index (χ1n) is 5.94. The number of nitrogens with zero attached hydrogens (tertiary/aromatic N) is 1. The molecule has 4 heteroatoms. The number of morpholine rings is 1. The predicted molar refractivity (Wildman–Crippen MR) is 64.1 cm³/mol. The first kappa shape index (κ1) is 13.5. The van der Waals surface area contributed by atoms with Gasteiger partial charge in [-0.25, -0.2) is 0 Å². The summed E-state index contributed by atoms with van der Waals surface area (Å²) in [5, 5.41) is 0. The van der Waals surface area contributed by atoms with E-state index in [9.17, 15) is 4.79 Å². The van der Waals surface area contributed by atoms with E-state index in [1.807, 2.05) is 32.6 Å². The van der Waals surface area contributed by atoms with E-state index in [-0.39, 0.29) is 17.6 Å². The number of hydrogen-bond donors (Lipinski definition) is 1. The van der Waals surface area contributed by atoms with Crippen LogP contribution in [0.3, 0.4) is 0 Å². The van der Waals surface area contributed by atoms with Gasteiger partial charge in [-0.15, -0.1) is 0 Å². The number of carbonyl (C=O) groups is 1. The van der Waals surface area contributed by atoms with Gasteiger partial charge in [0.15, 0.2) is 0 Å². The Morgan fingerprint density at radius 2 is 2.19 bits per heavy atom. The van der Waals surface area contributed by atoms with Gasteiger partial charge in [0.2, 0.25) is 5.91 Å². The largest absolute Gasteiger partial charge is 0.369 e. The molecule has 0 aromatic heterocycles. The van der Waals surface area contributed by atoms with Crippen LogP contribution in [0.25, 0.3) is 0 Å². The van der Waals surface area contributed by atoms with Crippen LogP contribution in [-0.4, -0.2) is 41.1 Å². The quantitative estimate of drug-likeness (QED) is 0.771. The van der Waals surface area contributed by atoms with Crippen LogP contribution in [0.15, 0.2) is 0 Å². The Bertz CT molecular complexity index is 274. The van der Waals surface area contributed by atoms with Crippen LogP contribution in [0.1, 0.15) is 41.0 Å². The molecule has 0 bridgehead atoms. The normalized spacial score (nSPS) is 28.6. The number of carbonyl (C=O) groups excluding carboxylic acids is 1. The topological polar surface area (TPSA) is 55.6 Å². The van der Waals surface area contributed by atoms with Crippen LogP contribution >= 0.6 is 0 Å². The van der Waals surface area contributed by atoms with Crippen molar-refractivity contribution in [2.45, 2.75) is 58.3 Å². The predicted octanol–water partition coefficient (Wildman–Crippen LogP) is 1.14. The summed E-state index contributed by atoms with van der Waals surface area (Å²) in [5.41, 5.74) is 4.95. The summed E-state index contributed by atoms with van der Waals surface area (Å²) in [5.74, 6) is 0.0261. The zero-order chi connectivity index (χ0) is 12.6. The number of rotatable bonds is 2. The lowest BCUT2D eigenvalue weighted by Crippen LogP contribution is -2.60. The molecule has 1 aliphatic heterocycles. The maximum Gasteiger partial charge on any atom is 0.242 e. The van der Waals surface area contributed by atoms with Gasteiger partial charge in [0.05, 0.1) is 17.2 Å². The van der Waals surface area contributed by atoms with Gasteiger partial charge in [-0.3, -0.25) is 4.79 Å². The highest BCUT2D eigenvalue weighted by atomic mass is 16.5. The van der Waals surface area contributed by atoms with E-state index in [0.29, 0.717) is 19.5 Å². The SMILES string of the molecule is CCC(C)(N)C(=O)N1CC(C)OC(C)(C)C1. The van der Waals surface area contributed by atoms with Crippen molar-refractivity contribution in [3.05, 3.63) is 0 Å². The van der Waals surface area contributed by atoms with Gasteiger partial charge in [-0.05, 0) is 34.1 Å². The molecule has 0 aromatic rings. The molecule has 2 atom stereocenters. The first-order valence-corrected chi connectivity index (χ1v) is 5.94. The Labute approximate surface area is 98.1 Å². The molecule has 1 amide bonds. The van der Waals surface area contributed by atoms with E-state index in [1.54, 1.807) is 6.92 Å². The van der Waals surface area contributed by atoms with Crippen LogP contribution < -0.4 is 5.73 Å². The van der Waals surface area contributed by atoms with Crippen LogP contribution in [0.4, 0.5) is 0 Å². The molecule has 0 saturated carbocycles. The van der Waals surface area contributed by atoms with Gasteiger partial charge in [-0.2, -0.15) is 0 Å². The van der Waals surface area contributed by atoms with Crippen molar-refractivity contribution in [1.82, 2.24) is 4.90 Å². The summed E-state index contributed by atoms with van der Waals surface area (Å²) >= 11 is 0. The highest BCUT2D eigenvalue weighted by Crippen LogP contribution is 2.23. The van der Waals surface area contributed by atoms with Gasteiger partial charge < -0.3 is 15.4 Å². The third kappa shape index (κ3) is 2.95. The van der Waals surface area contributed by atoms with Crippen molar-refractivity contribution in [2.75, 3.05) is 13.1 Å². The van der Waals surface area contributed by atoms with E-state index >= 15 is 0 Å². The van der Waals surface area contributed by atoms with Gasteiger partial charge in [-0.1, -0.05) is 6.92 Å².